The third-order valence-corrected chi connectivity index (χ3v) is 6.20. The van der Waals surface area contributed by atoms with Gasteiger partial charge in [0.05, 0.1) is 9.98 Å². The SMILES string of the molecule is C=CCOC(=O)[C@H](CC1CC1)NC(=S)C[C@@H]1CCC(=S)N1Cc1cccc(F)c1F. The third kappa shape index (κ3) is 6.04. The van der Waals surface area contributed by atoms with Crippen molar-refractivity contribution in [2.75, 3.05) is 6.61 Å². The third-order valence-electron chi connectivity index (χ3n) is 5.47. The van der Waals surface area contributed by atoms with Crippen LogP contribution in [0.25, 0.3) is 0 Å². The lowest BCUT2D eigenvalue weighted by Crippen LogP contribution is -2.44. The summed E-state index contributed by atoms with van der Waals surface area (Å²) in [4.78, 5) is 15.5. The first kappa shape index (κ1) is 22.7. The summed E-state index contributed by atoms with van der Waals surface area (Å²) in [6.07, 6.45) is 6.43. The van der Waals surface area contributed by atoms with Crippen LogP contribution >= 0.6 is 24.4 Å². The molecule has 0 bridgehead atoms. The topological polar surface area (TPSA) is 41.6 Å². The molecule has 2 atom stereocenters. The first-order chi connectivity index (χ1) is 14.4. The lowest BCUT2D eigenvalue weighted by Gasteiger charge is -2.28. The number of hydrogen-bond donors (Lipinski definition) is 1. The van der Waals surface area contributed by atoms with Crippen LogP contribution in [0.4, 0.5) is 8.78 Å². The Kier molecular flexibility index (Phi) is 7.88. The van der Waals surface area contributed by atoms with Crippen LogP contribution in [0.15, 0.2) is 30.9 Å². The molecule has 1 aliphatic heterocycles. The monoisotopic (exact) mass is 452 g/mol. The summed E-state index contributed by atoms with van der Waals surface area (Å²) < 4.78 is 32.9. The van der Waals surface area contributed by atoms with E-state index in [1.165, 1.54) is 12.1 Å². The Balaban J connectivity index is 1.61. The van der Waals surface area contributed by atoms with Gasteiger partial charge in [0.2, 0.25) is 0 Å². The van der Waals surface area contributed by atoms with Gasteiger partial charge in [0, 0.05) is 24.6 Å². The van der Waals surface area contributed by atoms with E-state index in [2.05, 4.69) is 11.9 Å². The van der Waals surface area contributed by atoms with Crippen LogP contribution in [-0.2, 0) is 16.1 Å². The Bertz CT molecular complexity index is 829. The van der Waals surface area contributed by atoms with Crippen molar-refractivity contribution < 1.29 is 18.3 Å². The summed E-state index contributed by atoms with van der Waals surface area (Å²) in [5.41, 5.74) is 0.266. The lowest BCUT2D eigenvalue weighted by molar-refractivity contribution is -0.144. The molecule has 1 N–H and O–H groups in total. The number of ether oxygens (including phenoxy) is 1. The summed E-state index contributed by atoms with van der Waals surface area (Å²) >= 11 is 11.0. The standard InChI is InChI=1S/C22H26F2N2O2S2/c1-2-10-28-22(27)18(11-14-6-7-14)25-19(29)12-16-8-9-20(30)26(16)13-15-4-3-5-17(23)21(15)24/h2-5,14,16,18H,1,6-13H2,(H,25,29)/t16-,18-/m0/s1. The van der Waals surface area contributed by atoms with Crippen LogP contribution < -0.4 is 5.32 Å². The van der Waals surface area contributed by atoms with Crippen LogP contribution in [0.1, 0.15) is 44.1 Å². The van der Waals surface area contributed by atoms with E-state index < -0.39 is 17.7 Å². The van der Waals surface area contributed by atoms with Gasteiger partial charge < -0.3 is 15.0 Å². The molecule has 1 saturated carbocycles. The van der Waals surface area contributed by atoms with Gasteiger partial charge in [-0.25, -0.2) is 13.6 Å². The number of hydrogen-bond acceptors (Lipinski definition) is 4. The number of rotatable bonds is 10. The van der Waals surface area contributed by atoms with Gasteiger partial charge in [0.25, 0.3) is 0 Å². The minimum absolute atomic E-state index is 0.0223. The largest absolute Gasteiger partial charge is 0.460 e. The maximum absolute atomic E-state index is 14.1. The van der Waals surface area contributed by atoms with Crippen molar-refractivity contribution in [2.24, 2.45) is 5.92 Å². The van der Waals surface area contributed by atoms with Gasteiger partial charge in [-0.3, -0.25) is 0 Å². The highest BCUT2D eigenvalue weighted by Gasteiger charge is 2.33. The van der Waals surface area contributed by atoms with Crippen LogP contribution in [0.5, 0.6) is 0 Å². The van der Waals surface area contributed by atoms with Crippen molar-refractivity contribution in [3.63, 3.8) is 0 Å². The molecule has 4 nitrogen and oxygen atoms in total. The fourth-order valence-electron chi connectivity index (χ4n) is 3.69. The second-order valence-electron chi connectivity index (χ2n) is 7.85. The number of thiocarbonyl (C=S) groups is 2. The average Bonchev–Trinajstić information content (AvgIpc) is 3.47. The second kappa shape index (κ2) is 10.4. The molecular weight excluding hydrogens is 426 g/mol. The molecule has 1 aliphatic carbocycles. The Morgan fingerprint density at radius 2 is 2.13 bits per heavy atom. The second-order valence-corrected chi connectivity index (χ2v) is 8.81. The zero-order valence-electron chi connectivity index (χ0n) is 16.7. The highest BCUT2D eigenvalue weighted by atomic mass is 32.1. The van der Waals surface area contributed by atoms with E-state index in [-0.39, 0.29) is 30.7 Å². The van der Waals surface area contributed by atoms with Crippen molar-refractivity contribution in [1.82, 2.24) is 10.2 Å². The zero-order chi connectivity index (χ0) is 21.7. The van der Waals surface area contributed by atoms with Crippen LogP contribution in [-0.4, -0.2) is 39.5 Å². The highest BCUT2D eigenvalue weighted by molar-refractivity contribution is 7.80. The Labute approximate surface area is 186 Å². The van der Waals surface area contributed by atoms with E-state index in [0.717, 1.165) is 25.3 Å². The van der Waals surface area contributed by atoms with E-state index in [9.17, 15) is 13.6 Å². The number of nitrogens with one attached hydrogen (secondary N) is 1. The normalized spacial score (nSPS) is 19.5. The first-order valence-corrected chi connectivity index (χ1v) is 11.0. The highest BCUT2D eigenvalue weighted by Crippen LogP contribution is 2.34. The fourth-order valence-corrected chi connectivity index (χ4v) is 4.35. The number of likely N-dealkylation sites (tertiary alicyclic amines) is 1. The molecule has 0 aromatic heterocycles. The van der Waals surface area contributed by atoms with Crippen LogP contribution in [0.3, 0.4) is 0 Å². The van der Waals surface area contributed by atoms with E-state index in [0.29, 0.717) is 35.2 Å². The first-order valence-electron chi connectivity index (χ1n) is 10.2. The molecule has 0 radical (unpaired) electrons. The van der Waals surface area contributed by atoms with Crippen LogP contribution in [0.2, 0.25) is 0 Å². The lowest BCUT2D eigenvalue weighted by atomic mass is 10.1. The molecule has 30 heavy (non-hydrogen) atoms. The molecule has 2 fully saturated rings. The molecular formula is C22H26F2N2O2S2. The van der Waals surface area contributed by atoms with E-state index in [1.807, 2.05) is 4.90 Å². The smallest absolute Gasteiger partial charge is 0.328 e. The number of esters is 1. The molecule has 0 unspecified atom stereocenters. The number of carbonyl (C=O) groups is 1. The van der Waals surface area contributed by atoms with Gasteiger partial charge in [-0.1, -0.05) is 62.1 Å². The van der Waals surface area contributed by atoms with Crippen molar-refractivity contribution >= 4 is 40.4 Å². The van der Waals surface area contributed by atoms with E-state index in [1.54, 1.807) is 6.07 Å². The predicted molar refractivity (Wildman–Crippen MR) is 120 cm³/mol. The maximum atomic E-state index is 14.1. The minimum atomic E-state index is -0.868. The summed E-state index contributed by atoms with van der Waals surface area (Å²) in [5.74, 6) is -1.52. The molecule has 3 rings (SSSR count). The van der Waals surface area contributed by atoms with Crippen molar-refractivity contribution in [3.8, 4) is 0 Å². The predicted octanol–water partition coefficient (Wildman–Crippen LogP) is 4.46. The number of halogens is 2. The molecule has 2 aliphatic rings. The summed E-state index contributed by atoms with van der Waals surface area (Å²) in [5, 5.41) is 3.16. The van der Waals surface area contributed by atoms with Gasteiger partial charge in [-0.2, -0.15) is 0 Å². The Morgan fingerprint density at radius 3 is 2.83 bits per heavy atom. The van der Waals surface area contributed by atoms with Crippen molar-refractivity contribution in [1.29, 1.82) is 0 Å². The van der Waals surface area contributed by atoms with Crippen molar-refractivity contribution in [3.05, 3.63) is 48.1 Å². The van der Waals surface area contributed by atoms with Crippen LogP contribution in [0, 0.1) is 17.6 Å². The quantitative estimate of drug-likeness (QED) is 0.321. The van der Waals surface area contributed by atoms with E-state index in [4.69, 9.17) is 29.2 Å². The number of benzene rings is 1. The average molecular weight is 453 g/mol. The summed E-state index contributed by atoms with van der Waals surface area (Å²) in [7, 11) is 0. The zero-order valence-corrected chi connectivity index (χ0v) is 18.4. The van der Waals surface area contributed by atoms with Gasteiger partial charge >= 0.3 is 5.97 Å². The molecule has 1 aromatic carbocycles. The van der Waals surface area contributed by atoms with Crippen molar-refractivity contribution in [2.45, 2.75) is 57.2 Å². The molecule has 0 amide bonds. The number of nitrogens with zero attached hydrogens (tertiary/aromatic N) is 1. The maximum Gasteiger partial charge on any atom is 0.328 e. The Hall–Kier alpha value is -1.93. The fraction of sp³-hybridized carbons (Fsp3) is 0.500. The summed E-state index contributed by atoms with van der Waals surface area (Å²) in [6.45, 7) is 3.93. The Morgan fingerprint density at radius 1 is 1.37 bits per heavy atom. The molecule has 162 valence electrons. The molecule has 1 saturated heterocycles. The van der Waals surface area contributed by atoms with Gasteiger partial charge in [-0.15, -0.1) is 0 Å². The van der Waals surface area contributed by atoms with E-state index >= 15 is 0 Å². The van der Waals surface area contributed by atoms with Gasteiger partial charge in [-0.05, 0) is 31.2 Å². The van der Waals surface area contributed by atoms with Gasteiger partial charge in [0.1, 0.15) is 12.6 Å². The summed E-state index contributed by atoms with van der Waals surface area (Å²) in [6, 6.07) is 3.65. The minimum Gasteiger partial charge on any atom is -0.460 e. The molecule has 1 aromatic rings. The van der Waals surface area contributed by atoms with Gasteiger partial charge in [0.15, 0.2) is 11.6 Å². The number of carbonyl (C=O) groups excluding carboxylic acids is 1. The molecule has 8 heteroatoms. The molecule has 0 spiro atoms. The molecule has 1 heterocycles.